The van der Waals surface area contributed by atoms with E-state index in [1.807, 2.05) is 24.3 Å². The number of carboxylic acid groups (broad SMARTS) is 1. The molecule has 33 heavy (non-hydrogen) atoms. The van der Waals surface area contributed by atoms with Crippen LogP contribution in [0.1, 0.15) is 38.2 Å². The standard InChI is InChI=1S/C22H23BrN2O6S.Na/c1-12(26)31-10-13-11-32-19-16(18(27)25(19)17(13)20(28)29)24-21(30)22(7-2-3-8-22)14-5-4-6-15(23)9-14;/h4-6,9,16,19H,2-3,7-8,10-11H2,1H3,(H,24,30)(H,28,29);/q;+1/p-1/t16-,19+;/m0./s1. The molecule has 8 nitrogen and oxygen atoms in total. The maximum Gasteiger partial charge on any atom is 1.00 e. The first-order chi connectivity index (χ1) is 15.2. The summed E-state index contributed by atoms with van der Waals surface area (Å²) in [6, 6.07) is 6.84. The van der Waals surface area contributed by atoms with Crippen molar-refractivity contribution in [1.82, 2.24) is 10.2 Å². The maximum absolute atomic E-state index is 13.5. The Kier molecular flexibility index (Phi) is 8.37. The number of β-lactam (4-membered cyclic amide) rings is 1. The first-order valence-electron chi connectivity index (χ1n) is 10.3. The number of rotatable bonds is 6. The average Bonchev–Trinajstić information content (AvgIpc) is 3.26. The van der Waals surface area contributed by atoms with E-state index < -0.39 is 34.7 Å². The van der Waals surface area contributed by atoms with Gasteiger partial charge in [0.2, 0.25) is 5.91 Å². The third-order valence-electron chi connectivity index (χ3n) is 6.25. The summed E-state index contributed by atoms with van der Waals surface area (Å²) in [7, 11) is 0. The van der Waals surface area contributed by atoms with E-state index in [0.29, 0.717) is 18.4 Å². The minimum Gasteiger partial charge on any atom is -0.543 e. The molecule has 2 aliphatic heterocycles. The van der Waals surface area contributed by atoms with Gasteiger partial charge in [-0.2, -0.15) is 0 Å². The molecule has 1 aliphatic carbocycles. The van der Waals surface area contributed by atoms with Gasteiger partial charge in [0.1, 0.15) is 18.0 Å². The monoisotopic (exact) mass is 544 g/mol. The number of carbonyl (C=O) groups is 4. The van der Waals surface area contributed by atoms with E-state index in [4.69, 9.17) is 4.74 Å². The van der Waals surface area contributed by atoms with Crippen molar-refractivity contribution < 1.29 is 58.6 Å². The van der Waals surface area contributed by atoms with Crippen molar-refractivity contribution in [3.63, 3.8) is 0 Å². The number of nitrogens with zero attached hydrogens (tertiary/aromatic N) is 1. The average molecular weight is 545 g/mol. The Bertz CT molecular complexity index is 1030. The minimum atomic E-state index is -1.50. The molecule has 2 fully saturated rings. The smallest absolute Gasteiger partial charge is 0.543 e. The second kappa shape index (κ2) is 10.5. The maximum atomic E-state index is 13.5. The van der Waals surface area contributed by atoms with Gasteiger partial charge in [0.05, 0.1) is 17.1 Å². The number of ether oxygens (including phenoxy) is 1. The van der Waals surface area contributed by atoms with E-state index >= 15 is 0 Å². The molecule has 1 aromatic carbocycles. The molecule has 1 saturated heterocycles. The molecule has 2 amide bonds. The number of carbonyl (C=O) groups excluding carboxylic acids is 4. The first-order valence-corrected chi connectivity index (χ1v) is 12.2. The molecule has 0 spiro atoms. The van der Waals surface area contributed by atoms with Crippen molar-refractivity contribution in [2.75, 3.05) is 12.4 Å². The number of amides is 2. The van der Waals surface area contributed by atoms with E-state index in [0.717, 1.165) is 27.8 Å². The van der Waals surface area contributed by atoms with Crippen LogP contribution in [0.3, 0.4) is 0 Å². The van der Waals surface area contributed by atoms with Crippen LogP contribution >= 0.6 is 27.7 Å². The minimum absolute atomic E-state index is 0. The molecule has 0 bridgehead atoms. The van der Waals surface area contributed by atoms with E-state index in [1.54, 1.807) is 0 Å². The van der Waals surface area contributed by atoms with Crippen molar-refractivity contribution in [2.45, 2.75) is 49.4 Å². The molecule has 2 heterocycles. The summed E-state index contributed by atoms with van der Waals surface area (Å²) in [5.41, 5.74) is 0.229. The van der Waals surface area contributed by atoms with Crippen LogP contribution in [0.25, 0.3) is 0 Å². The van der Waals surface area contributed by atoms with Gasteiger partial charge in [0, 0.05) is 22.7 Å². The zero-order chi connectivity index (χ0) is 23.0. The molecule has 4 rings (SSSR count). The molecule has 3 aliphatic rings. The first kappa shape index (κ1) is 26.3. The van der Waals surface area contributed by atoms with Crippen LogP contribution in [0, 0.1) is 0 Å². The summed E-state index contributed by atoms with van der Waals surface area (Å²) in [4.78, 5) is 50.3. The summed E-state index contributed by atoms with van der Waals surface area (Å²) in [5.74, 6) is -2.50. The largest absolute Gasteiger partial charge is 1.00 e. The Morgan fingerprint density at radius 2 is 2.00 bits per heavy atom. The van der Waals surface area contributed by atoms with Crippen molar-refractivity contribution in [1.29, 1.82) is 0 Å². The van der Waals surface area contributed by atoms with Gasteiger partial charge in [0.15, 0.2) is 0 Å². The fraction of sp³-hybridized carbons (Fsp3) is 0.455. The van der Waals surface area contributed by atoms with E-state index in [-0.39, 0.29) is 53.5 Å². The zero-order valence-electron chi connectivity index (χ0n) is 18.4. The Hall–Kier alpha value is -1.33. The molecular weight excluding hydrogens is 523 g/mol. The normalized spacial score (nSPS) is 23.2. The quantitative estimate of drug-likeness (QED) is 0.256. The van der Waals surface area contributed by atoms with E-state index in [1.165, 1.54) is 18.7 Å². The number of carboxylic acids is 1. The second-order valence-electron chi connectivity index (χ2n) is 8.18. The number of fused-ring (bicyclic) bond motifs is 1. The third kappa shape index (κ3) is 4.91. The van der Waals surface area contributed by atoms with Gasteiger partial charge in [-0.3, -0.25) is 19.3 Å². The Labute approximate surface area is 226 Å². The third-order valence-corrected chi connectivity index (χ3v) is 8.08. The summed E-state index contributed by atoms with van der Waals surface area (Å²) in [5, 5.41) is 14.1. The van der Waals surface area contributed by atoms with Crippen LogP contribution in [-0.4, -0.2) is 52.4 Å². The van der Waals surface area contributed by atoms with Crippen LogP contribution in [0.15, 0.2) is 40.0 Å². The van der Waals surface area contributed by atoms with Crippen LogP contribution in [0.2, 0.25) is 0 Å². The molecule has 0 radical (unpaired) electrons. The van der Waals surface area contributed by atoms with E-state index in [2.05, 4.69) is 21.2 Å². The Balaban J connectivity index is 0.00000306. The fourth-order valence-corrected chi connectivity index (χ4v) is 6.39. The summed E-state index contributed by atoms with van der Waals surface area (Å²) in [6.45, 7) is 1.01. The number of esters is 1. The number of hydrogen-bond acceptors (Lipinski definition) is 7. The van der Waals surface area contributed by atoms with Crippen molar-refractivity contribution in [2.24, 2.45) is 0 Å². The van der Waals surface area contributed by atoms with Crippen LogP contribution in [-0.2, 0) is 29.3 Å². The molecule has 1 aromatic rings. The van der Waals surface area contributed by atoms with Gasteiger partial charge < -0.3 is 20.0 Å². The predicted molar refractivity (Wildman–Crippen MR) is 118 cm³/mol. The molecular formula is C22H22BrN2NaO6S. The summed E-state index contributed by atoms with van der Waals surface area (Å²) < 4.78 is 5.80. The van der Waals surface area contributed by atoms with Gasteiger partial charge in [-0.25, -0.2) is 0 Å². The summed E-state index contributed by atoms with van der Waals surface area (Å²) >= 11 is 4.80. The number of benzene rings is 1. The number of thioether (sulfide) groups is 1. The van der Waals surface area contributed by atoms with Crippen LogP contribution < -0.4 is 40.0 Å². The van der Waals surface area contributed by atoms with Gasteiger partial charge in [-0.15, -0.1) is 11.8 Å². The number of halogens is 1. The van der Waals surface area contributed by atoms with Gasteiger partial charge in [0.25, 0.3) is 5.91 Å². The van der Waals surface area contributed by atoms with E-state index in [9.17, 15) is 24.3 Å². The van der Waals surface area contributed by atoms with Crippen LogP contribution in [0.5, 0.6) is 0 Å². The molecule has 2 atom stereocenters. The molecule has 0 aromatic heterocycles. The Morgan fingerprint density at radius 1 is 1.30 bits per heavy atom. The zero-order valence-corrected chi connectivity index (χ0v) is 22.8. The molecule has 1 N–H and O–H groups in total. The SMILES string of the molecule is CC(=O)OCC1=C(C(=O)[O-])N2C(=O)[C@H](NC(=O)C3(c4cccc(Br)c4)CCCC3)[C@H]2SC1.[Na+]. The molecule has 170 valence electrons. The second-order valence-corrected chi connectivity index (χ2v) is 10.2. The van der Waals surface area contributed by atoms with Gasteiger partial charge >= 0.3 is 35.5 Å². The fourth-order valence-electron chi connectivity index (χ4n) is 4.66. The number of aliphatic carboxylic acids is 1. The number of hydrogen-bond donors (Lipinski definition) is 1. The molecule has 11 heteroatoms. The van der Waals surface area contributed by atoms with Crippen LogP contribution in [0.4, 0.5) is 0 Å². The molecule has 1 saturated carbocycles. The van der Waals surface area contributed by atoms with Crippen molar-refractivity contribution in [3.8, 4) is 0 Å². The number of nitrogens with one attached hydrogen (secondary N) is 1. The topological polar surface area (TPSA) is 116 Å². The molecule has 0 unspecified atom stereocenters. The Morgan fingerprint density at radius 3 is 2.61 bits per heavy atom. The van der Waals surface area contributed by atoms with Crippen molar-refractivity contribution >= 4 is 51.4 Å². The summed E-state index contributed by atoms with van der Waals surface area (Å²) in [6.07, 6.45) is 3.21. The van der Waals surface area contributed by atoms with Gasteiger partial charge in [-0.05, 0) is 30.5 Å². The van der Waals surface area contributed by atoms with Gasteiger partial charge in [-0.1, -0.05) is 40.9 Å². The predicted octanol–water partition coefficient (Wildman–Crippen LogP) is -1.77. The van der Waals surface area contributed by atoms with Crippen molar-refractivity contribution in [3.05, 3.63) is 45.6 Å².